The molecule has 30 heavy (non-hydrogen) atoms. The zero-order chi connectivity index (χ0) is 21.1. The highest BCUT2D eigenvalue weighted by atomic mass is 35.5. The number of piperazine rings is 1. The lowest BCUT2D eigenvalue weighted by molar-refractivity contribution is 0.383. The van der Waals surface area contributed by atoms with E-state index in [-0.39, 0.29) is 4.90 Å². The lowest BCUT2D eigenvalue weighted by Crippen LogP contribution is -2.49. The number of ether oxygens (including phenoxy) is 1. The van der Waals surface area contributed by atoms with Crippen molar-refractivity contribution in [2.75, 3.05) is 38.2 Å². The number of sulfonamides is 1. The Kier molecular flexibility index (Phi) is 5.90. The Morgan fingerprint density at radius 2 is 1.67 bits per heavy atom. The van der Waals surface area contributed by atoms with Crippen molar-refractivity contribution in [2.45, 2.75) is 4.90 Å². The van der Waals surface area contributed by atoms with Crippen LogP contribution in [0.25, 0.3) is 11.3 Å². The van der Waals surface area contributed by atoms with Crippen LogP contribution in [-0.2, 0) is 10.0 Å². The molecule has 2 heterocycles. The Bertz CT molecular complexity index is 1110. The number of rotatable bonds is 5. The molecular formula is C21H21ClN4O3S. The zero-order valence-corrected chi connectivity index (χ0v) is 18.0. The summed E-state index contributed by atoms with van der Waals surface area (Å²) in [5.41, 5.74) is 1.72. The van der Waals surface area contributed by atoms with E-state index in [0.29, 0.717) is 31.2 Å². The molecule has 2 aromatic carbocycles. The molecule has 0 atom stereocenters. The van der Waals surface area contributed by atoms with Crippen molar-refractivity contribution in [2.24, 2.45) is 0 Å². The fraction of sp³-hybridized carbons (Fsp3) is 0.238. The first kappa shape index (κ1) is 20.6. The van der Waals surface area contributed by atoms with Crippen LogP contribution in [0.4, 0.5) is 5.82 Å². The van der Waals surface area contributed by atoms with E-state index in [0.717, 1.165) is 22.8 Å². The number of halogens is 1. The Morgan fingerprint density at radius 1 is 0.933 bits per heavy atom. The van der Waals surface area contributed by atoms with E-state index in [9.17, 15) is 8.42 Å². The summed E-state index contributed by atoms with van der Waals surface area (Å²) in [4.78, 5) is 2.25. The molecule has 3 aromatic rings. The molecule has 0 bridgehead atoms. The van der Waals surface area contributed by atoms with Gasteiger partial charge in [-0.15, -0.1) is 10.2 Å². The second-order valence-electron chi connectivity index (χ2n) is 6.85. The zero-order valence-electron chi connectivity index (χ0n) is 16.4. The first-order valence-electron chi connectivity index (χ1n) is 9.46. The molecule has 9 heteroatoms. The molecule has 0 spiro atoms. The van der Waals surface area contributed by atoms with Crippen molar-refractivity contribution >= 4 is 27.4 Å². The Balaban J connectivity index is 1.42. The molecule has 1 aromatic heterocycles. The number of hydrogen-bond donors (Lipinski definition) is 0. The summed E-state index contributed by atoms with van der Waals surface area (Å²) in [6.07, 6.45) is 0. The van der Waals surface area contributed by atoms with Gasteiger partial charge in [0.2, 0.25) is 10.0 Å². The van der Waals surface area contributed by atoms with Crippen LogP contribution < -0.4 is 9.64 Å². The summed E-state index contributed by atoms with van der Waals surface area (Å²) in [6.45, 7) is 1.82. The Morgan fingerprint density at radius 3 is 2.27 bits per heavy atom. The van der Waals surface area contributed by atoms with Crippen LogP contribution in [0.15, 0.2) is 65.6 Å². The quantitative estimate of drug-likeness (QED) is 0.601. The van der Waals surface area contributed by atoms with Crippen molar-refractivity contribution in [1.82, 2.24) is 14.5 Å². The van der Waals surface area contributed by atoms with Crippen LogP contribution in [0.5, 0.6) is 5.75 Å². The molecular weight excluding hydrogens is 424 g/mol. The van der Waals surface area contributed by atoms with Crippen LogP contribution in [0.3, 0.4) is 0 Å². The van der Waals surface area contributed by atoms with Crippen LogP contribution >= 0.6 is 11.6 Å². The largest absolute Gasteiger partial charge is 0.497 e. The molecule has 0 amide bonds. The molecule has 1 fully saturated rings. The highest BCUT2D eigenvalue weighted by Crippen LogP contribution is 2.24. The minimum Gasteiger partial charge on any atom is -0.497 e. The molecule has 0 radical (unpaired) electrons. The van der Waals surface area contributed by atoms with Crippen LogP contribution in [0, 0.1) is 0 Å². The van der Waals surface area contributed by atoms with Crippen molar-refractivity contribution < 1.29 is 13.2 Å². The number of anilines is 1. The third kappa shape index (κ3) is 4.26. The average molecular weight is 445 g/mol. The van der Waals surface area contributed by atoms with E-state index < -0.39 is 10.0 Å². The molecule has 1 aliphatic rings. The van der Waals surface area contributed by atoms with Crippen molar-refractivity contribution in [3.63, 3.8) is 0 Å². The molecule has 7 nitrogen and oxygen atoms in total. The normalized spacial score (nSPS) is 15.2. The smallest absolute Gasteiger partial charge is 0.243 e. The van der Waals surface area contributed by atoms with Gasteiger partial charge in [-0.25, -0.2) is 8.42 Å². The van der Waals surface area contributed by atoms with Gasteiger partial charge in [-0.05, 0) is 54.6 Å². The molecule has 1 aliphatic heterocycles. The SMILES string of the molecule is COc1ccc(-c2ccc(N3CCN(S(=O)(=O)c4cccc(Cl)c4)CC3)nn2)cc1. The fourth-order valence-corrected chi connectivity index (χ4v) is 5.07. The molecule has 0 saturated carbocycles. The topological polar surface area (TPSA) is 75.6 Å². The number of benzene rings is 2. The van der Waals surface area contributed by atoms with Gasteiger partial charge in [-0.3, -0.25) is 0 Å². The number of methoxy groups -OCH3 is 1. The third-order valence-electron chi connectivity index (χ3n) is 5.03. The van der Waals surface area contributed by atoms with E-state index in [2.05, 4.69) is 10.2 Å². The van der Waals surface area contributed by atoms with Gasteiger partial charge in [-0.2, -0.15) is 4.31 Å². The molecule has 156 valence electrons. The minimum absolute atomic E-state index is 0.215. The van der Waals surface area contributed by atoms with Gasteiger partial charge in [0.15, 0.2) is 5.82 Å². The Hall–Kier alpha value is -2.68. The molecule has 0 aliphatic carbocycles. The summed E-state index contributed by atoms with van der Waals surface area (Å²) in [7, 11) is -1.93. The van der Waals surface area contributed by atoms with E-state index in [1.54, 1.807) is 25.3 Å². The average Bonchev–Trinajstić information content (AvgIpc) is 2.79. The molecule has 0 N–H and O–H groups in total. The highest BCUT2D eigenvalue weighted by Gasteiger charge is 2.29. The summed E-state index contributed by atoms with van der Waals surface area (Å²) in [5.74, 6) is 1.51. The fourth-order valence-electron chi connectivity index (χ4n) is 3.34. The van der Waals surface area contributed by atoms with Crippen LogP contribution in [0.2, 0.25) is 5.02 Å². The minimum atomic E-state index is -3.56. The maximum absolute atomic E-state index is 12.8. The van der Waals surface area contributed by atoms with Gasteiger partial charge < -0.3 is 9.64 Å². The van der Waals surface area contributed by atoms with Gasteiger partial charge in [0.1, 0.15) is 5.75 Å². The predicted octanol–water partition coefficient (Wildman–Crippen LogP) is 3.32. The third-order valence-corrected chi connectivity index (χ3v) is 7.16. The highest BCUT2D eigenvalue weighted by molar-refractivity contribution is 7.89. The van der Waals surface area contributed by atoms with Gasteiger partial charge in [0.05, 0.1) is 17.7 Å². The first-order valence-corrected chi connectivity index (χ1v) is 11.3. The number of aromatic nitrogens is 2. The van der Waals surface area contributed by atoms with E-state index >= 15 is 0 Å². The number of nitrogens with zero attached hydrogens (tertiary/aromatic N) is 4. The van der Waals surface area contributed by atoms with E-state index in [1.165, 1.54) is 10.4 Å². The maximum atomic E-state index is 12.8. The summed E-state index contributed by atoms with van der Waals surface area (Å²) in [5, 5.41) is 9.07. The lowest BCUT2D eigenvalue weighted by Gasteiger charge is -2.34. The van der Waals surface area contributed by atoms with E-state index in [1.807, 2.05) is 41.3 Å². The van der Waals surface area contributed by atoms with Crippen molar-refractivity contribution in [3.8, 4) is 17.0 Å². The van der Waals surface area contributed by atoms with Crippen molar-refractivity contribution in [1.29, 1.82) is 0 Å². The molecule has 0 unspecified atom stereocenters. The lowest BCUT2D eigenvalue weighted by atomic mass is 10.1. The van der Waals surface area contributed by atoms with Crippen molar-refractivity contribution in [3.05, 3.63) is 65.7 Å². The van der Waals surface area contributed by atoms with Gasteiger partial charge >= 0.3 is 0 Å². The second kappa shape index (κ2) is 8.59. The standard InChI is InChI=1S/C21H21ClN4O3S/c1-29-18-7-5-16(6-8-18)20-9-10-21(24-23-20)25-11-13-26(14-12-25)30(27,28)19-4-2-3-17(22)15-19/h2-10,15H,11-14H2,1H3. The van der Waals surface area contributed by atoms with E-state index in [4.69, 9.17) is 16.3 Å². The summed E-state index contributed by atoms with van der Waals surface area (Å²) in [6, 6.07) is 17.8. The van der Waals surface area contributed by atoms with Gasteiger partial charge in [0, 0.05) is 36.8 Å². The van der Waals surface area contributed by atoms with Crippen LogP contribution in [0.1, 0.15) is 0 Å². The second-order valence-corrected chi connectivity index (χ2v) is 9.23. The molecule has 4 rings (SSSR count). The van der Waals surface area contributed by atoms with Gasteiger partial charge in [-0.1, -0.05) is 17.7 Å². The monoisotopic (exact) mass is 444 g/mol. The van der Waals surface area contributed by atoms with Crippen LogP contribution in [-0.4, -0.2) is 56.2 Å². The Labute approximate surface area is 180 Å². The summed E-state index contributed by atoms with van der Waals surface area (Å²) >= 11 is 5.95. The maximum Gasteiger partial charge on any atom is 0.243 e. The predicted molar refractivity (Wildman–Crippen MR) is 116 cm³/mol. The first-order chi connectivity index (χ1) is 14.5. The number of hydrogen-bond acceptors (Lipinski definition) is 6. The summed E-state index contributed by atoms with van der Waals surface area (Å²) < 4.78 is 32.3. The van der Waals surface area contributed by atoms with Gasteiger partial charge in [0.25, 0.3) is 0 Å². The molecule has 1 saturated heterocycles.